The zero-order valence-electron chi connectivity index (χ0n) is 47.5. The standard InChI is InChI=1S/C78H68/c1-75(2,3)49-25-13-23-47(35-49)53-33-31-51(77(7,8)9)37-59(53)65-43-71-70-42-64-58-30-18-22-46-20-16-28-56(74(46)58)62(64)40-68(70)66(60-38-52(78(10,11)12)32-34-54(60)48-24-14-26-50(36-48)76(4,5)6)44-72(71)69-41-63-57-29-17-21-45-19-15-27-55(73(45)57)61(63)39-67(65)69/h13-44H,1-12H3. The van der Waals surface area contributed by atoms with Crippen molar-refractivity contribution in [3.63, 3.8) is 0 Å². The van der Waals surface area contributed by atoms with Gasteiger partial charge in [0.2, 0.25) is 0 Å². The van der Waals surface area contributed by atoms with Crippen molar-refractivity contribution in [1.29, 1.82) is 0 Å². The molecular weight excluding hydrogens is 937 g/mol. The maximum Gasteiger partial charge on any atom is -0.00264 e. The maximum atomic E-state index is 2.60. The minimum absolute atomic E-state index is 0.00370. The summed E-state index contributed by atoms with van der Waals surface area (Å²) in [4.78, 5) is 0. The van der Waals surface area contributed by atoms with E-state index in [0.717, 1.165) is 0 Å². The summed E-state index contributed by atoms with van der Waals surface area (Å²) in [6.07, 6.45) is 0. The number of rotatable bonds is 4. The Morgan fingerprint density at radius 2 is 0.462 bits per heavy atom. The van der Waals surface area contributed by atoms with Gasteiger partial charge in [-0.2, -0.15) is 0 Å². The lowest BCUT2D eigenvalue weighted by atomic mass is 9.78. The third kappa shape index (κ3) is 7.47. The van der Waals surface area contributed by atoms with Crippen LogP contribution in [0.15, 0.2) is 194 Å². The first-order chi connectivity index (χ1) is 37.2. The van der Waals surface area contributed by atoms with Crippen LogP contribution in [0.5, 0.6) is 0 Å². The Kier molecular flexibility index (Phi) is 10.4. The van der Waals surface area contributed by atoms with Gasteiger partial charge in [-0.05, 0) is 235 Å². The van der Waals surface area contributed by atoms with Crippen LogP contribution in [0.1, 0.15) is 105 Å². The molecule has 2 aliphatic carbocycles. The zero-order chi connectivity index (χ0) is 53.9. The second kappa shape index (κ2) is 16.7. The van der Waals surface area contributed by atoms with E-state index in [4.69, 9.17) is 0 Å². The smallest absolute Gasteiger partial charge is 0.00264 e. The predicted octanol–water partition coefficient (Wildman–Crippen LogP) is 22.6. The van der Waals surface area contributed by atoms with E-state index in [-0.39, 0.29) is 21.7 Å². The summed E-state index contributed by atoms with van der Waals surface area (Å²) >= 11 is 0. The average Bonchev–Trinajstić information content (AvgIpc) is 4.10. The van der Waals surface area contributed by atoms with E-state index >= 15 is 0 Å². The molecule has 2 aliphatic rings. The van der Waals surface area contributed by atoms with E-state index in [1.54, 1.807) is 0 Å². The summed E-state index contributed by atoms with van der Waals surface area (Å²) in [7, 11) is 0. The largest absolute Gasteiger partial charge is 0.0614 e. The molecule has 0 amide bonds. The molecule has 0 saturated carbocycles. The van der Waals surface area contributed by atoms with Crippen LogP contribution >= 0.6 is 0 Å². The van der Waals surface area contributed by atoms with Gasteiger partial charge in [-0.25, -0.2) is 0 Å². The molecule has 78 heavy (non-hydrogen) atoms. The van der Waals surface area contributed by atoms with Crippen molar-refractivity contribution in [2.24, 2.45) is 0 Å². The van der Waals surface area contributed by atoms with Crippen molar-refractivity contribution in [2.45, 2.75) is 105 Å². The van der Waals surface area contributed by atoms with Crippen molar-refractivity contribution in [2.75, 3.05) is 0 Å². The third-order valence-electron chi connectivity index (χ3n) is 17.7. The van der Waals surface area contributed by atoms with Gasteiger partial charge in [0, 0.05) is 0 Å². The van der Waals surface area contributed by atoms with E-state index < -0.39 is 0 Å². The van der Waals surface area contributed by atoms with E-state index in [9.17, 15) is 0 Å². The fourth-order valence-corrected chi connectivity index (χ4v) is 13.3. The number of hydrogen-bond donors (Lipinski definition) is 0. The summed E-state index contributed by atoms with van der Waals surface area (Å²) in [5.41, 5.74) is 25.7. The van der Waals surface area contributed by atoms with Crippen LogP contribution < -0.4 is 0 Å². The monoisotopic (exact) mass is 1000 g/mol. The number of benzene rings is 12. The van der Waals surface area contributed by atoms with E-state index in [2.05, 4.69) is 277 Å². The van der Waals surface area contributed by atoms with Gasteiger partial charge >= 0.3 is 0 Å². The SMILES string of the molecule is CC(C)(C)c1cccc(-c2ccc(C(C)(C)C)cc2-c2cc3c4cc5c(cc4c(-c4cc(C(C)(C)C)ccc4-c4cccc(C(C)(C)C)c4)cc3c3cc4c(cc23)-c2cccc3cccc-4c23)-c2cccc3cccc-5c23)c1. The van der Waals surface area contributed by atoms with E-state index in [0.29, 0.717) is 0 Å². The molecule has 0 bridgehead atoms. The fraction of sp³-hybridized carbons (Fsp3) is 0.205. The first kappa shape index (κ1) is 48.3. The molecule has 0 heterocycles. The number of hydrogen-bond acceptors (Lipinski definition) is 0. The minimum Gasteiger partial charge on any atom is -0.0614 e. The van der Waals surface area contributed by atoms with E-state index in [1.165, 1.54) is 165 Å². The Hall–Kier alpha value is -8.06. The highest BCUT2D eigenvalue weighted by atomic mass is 14.3. The molecule has 12 aromatic rings. The van der Waals surface area contributed by atoms with Crippen LogP contribution in [-0.2, 0) is 21.7 Å². The molecule has 14 rings (SSSR count). The number of fused-ring (bicyclic) bond motifs is 11. The molecular formula is C78H68. The molecule has 0 nitrogen and oxygen atoms in total. The lowest BCUT2D eigenvalue weighted by Crippen LogP contribution is -2.12. The van der Waals surface area contributed by atoms with Gasteiger partial charge in [0.15, 0.2) is 0 Å². The summed E-state index contributed by atoms with van der Waals surface area (Å²) in [5, 5.41) is 12.9. The summed E-state index contributed by atoms with van der Waals surface area (Å²) in [5.74, 6) is 0. The Bertz CT molecular complexity index is 4260. The predicted molar refractivity (Wildman–Crippen MR) is 339 cm³/mol. The molecule has 0 aliphatic heterocycles. The highest BCUT2D eigenvalue weighted by Gasteiger charge is 2.30. The van der Waals surface area contributed by atoms with Crippen LogP contribution in [-0.4, -0.2) is 0 Å². The maximum absolute atomic E-state index is 2.60. The Balaban J connectivity index is 1.18. The van der Waals surface area contributed by atoms with Crippen LogP contribution in [0.2, 0.25) is 0 Å². The van der Waals surface area contributed by atoms with Gasteiger partial charge < -0.3 is 0 Å². The molecule has 0 unspecified atom stereocenters. The first-order valence-electron chi connectivity index (χ1n) is 28.3. The van der Waals surface area contributed by atoms with Gasteiger partial charge in [0.1, 0.15) is 0 Å². The second-order valence-electron chi connectivity index (χ2n) is 26.9. The van der Waals surface area contributed by atoms with Crippen LogP contribution in [0.3, 0.4) is 0 Å². The van der Waals surface area contributed by atoms with Crippen LogP contribution in [0.25, 0.3) is 143 Å². The highest BCUT2D eigenvalue weighted by molar-refractivity contribution is 6.29. The van der Waals surface area contributed by atoms with Gasteiger partial charge in [0.05, 0.1) is 0 Å². The molecule has 0 heteroatoms. The molecule has 0 aromatic heterocycles. The summed E-state index contributed by atoms with van der Waals surface area (Å²) in [6, 6.07) is 76.3. The van der Waals surface area contributed by atoms with Crippen molar-refractivity contribution >= 4 is 53.9 Å². The molecule has 0 fully saturated rings. The first-order valence-corrected chi connectivity index (χ1v) is 28.3. The van der Waals surface area contributed by atoms with Gasteiger partial charge in [-0.1, -0.05) is 229 Å². The average molecular weight is 1010 g/mol. The molecule has 380 valence electrons. The quantitative estimate of drug-likeness (QED) is 0.154. The Morgan fingerprint density at radius 3 is 0.795 bits per heavy atom. The van der Waals surface area contributed by atoms with Gasteiger partial charge in [-0.3, -0.25) is 0 Å². The zero-order valence-corrected chi connectivity index (χ0v) is 47.5. The molecule has 0 saturated heterocycles. The molecule has 12 aromatic carbocycles. The molecule has 0 atom stereocenters. The van der Waals surface area contributed by atoms with Crippen LogP contribution in [0, 0.1) is 0 Å². The lowest BCUT2D eigenvalue weighted by Gasteiger charge is -2.25. The molecule has 0 radical (unpaired) electrons. The lowest BCUT2D eigenvalue weighted by molar-refractivity contribution is 0.590. The topological polar surface area (TPSA) is 0 Å². The van der Waals surface area contributed by atoms with Crippen molar-refractivity contribution < 1.29 is 0 Å². The minimum atomic E-state index is -0.0738. The van der Waals surface area contributed by atoms with Crippen molar-refractivity contribution in [3.8, 4) is 89.0 Å². The molecule has 0 N–H and O–H groups in total. The Morgan fingerprint density at radius 1 is 0.192 bits per heavy atom. The van der Waals surface area contributed by atoms with Gasteiger partial charge in [0.25, 0.3) is 0 Å². The second-order valence-corrected chi connectivity index (χ2v) is 26.9. The summed E-state index contributed by atoms with van der Waals surface area (Å²) < 4.78 is 0. The van der Waals surface area contributed by atoms with Crippen molar-refractivity contribution in [3.05, 3.63) is 216 Å². The fourth-order valence-electron chi connectivity index (χ4n) is 13.3. The molecule has 0 spiro atoms. The highest BCUT2D eigenvalue weighted by Crippen LogP contribution is 2.55. The van der Waals surface area contributed by atoms with Gasteiger partial charge in [-0.15, -0.1) is 0 Å². The Labute approximate surface area is 461 Å². The normalized spacial score (nSPS) is 13.1. The summed E-state index contributed by atoms with van der Waals surface area (Å²) in [6.45, 7) is 28.1. The van der Waals surface area contributed by atoms with Crippen molar-refractivity contribution in [1.82, 2.24) is 0 Å². The third-order valence-corrected chi connectivity index (χ3v) is 17.7. The van der Waals surface area contributed by atoms with E-state index in [1.807, 2.05) is 0 Å². The van der Waals surface area contributed by atoms with Crippen LogP contribution in [0.4, 0.5) is 0 Å².